The van der Waals surface area contributed by atoms with E-state index in [-0.39, 0.29) is 24.5 Å². The van der Waals surface area contributed by atoms with E-state index < -0.39 is 5.97 Å². The van der Waals surface area contributed by atoms with Crippen LogP contribution >= 0.6 is 0 Å². The predicted octanol–water partition coefficient (Wildman–Crippen LogP) is 13.3. The monoisotopic (exact) mass is 706 g/mol. The van der Waals surface area contributed by atoms with Gasteiger partial charge in [0, 0.05) is 12.8 Å². The molecule has 6 nitrogen and oxygen atoms in total. The molecular formula is C44H83NO5. The molecule has 0 fully saturated rings. The van der Waals surface area contributed by atoms with Crippen LogP contribution in [-0.4, -0.2) is 35.6 Å². The topological polar surface area (TPSA) is 92.7 Å². The van der Waals surface area contributed by atoms with Crippen LogP contribution in [0.25, 0.3) is 0 Å². The zero-order valence-electron chi connectivity index (χ0n) is 33.3. The van der Waals surface area contributed by atoms with E-state index in [1.807, 2.05) is 0 Å². The number of nitrogens with one attached hydrogen (secondary N) is 1. The highest BCUT2D eigenvalue weighted by Gasteiger charge is 2.12. The van der Waals surface area contributed by atoms with Gasteiger partial charge in [-0.05, 0) is 44.6 Å². The standard InChI is InChI=1S/C44H83NO5/c1-3-5-7-9-11-12-13-14-15-16-17-18-19-20-21-22-23-24-25-27-29-35-39-44(49)50-41(36-32-28-26-10-8-6-4-2)37-33-30-31-34-38-42(46)45-40-43(47)48/h32,36,41H,3-31,33-35,37-40H2,1-2H3,(H,45,46)(H,47,48)/b36-32-. The van der Waals surface area contributed by atoms with E-state index in [0.717, 1.165) is 51.4 Å². The molecule has 1 amide bonds. The lowest BCUT2D eigenvalue weighted by molar-refractivity contribution is -0.147. The Kier molecular flexibility index (Phi) is 38.5. The van der Waals surface area contributed by atoms with Gasteiger partial charge < -0.3 is 15.2 Å². The molecule has 0 aliphatic rings. The highest BCUT2D eigenvalue weighted by molar-refractivity contribution is 5.80. The number of carbonyl (C=O) groups is 3. The second-order valence-corrected chi connectivity index (χ2v) is 15.0. The molecule has 2 N–H and O–H groups in total. The van der Waals surface area contributed by atoms with Gasteiger partial charge in [0.05, 0.1) is 0 Å². The average molecular weight is 706 g/mol. The van der Waals surface area contributed by atoms with Crippen LogP contribution in [0.4, 0.5) is 0 Å². The lowest BCUT2D eigenvalue weighted by atomic mass is 10.0. The summed E-state index contributed by atoms with van der Waals surface area (Å²) < 4.78 is 5.90. The van der Waals surface area contributed by atoms with Gasteiger partial charge in [-0.15, -0.1) is 0 Å². The highest BCUT2D eigenvalue weighted by atomic mass is 16.5. The number of carboxylic acid groups (broad SMARTS) is 1. The highest BCUT2D eigenvalue weighted by Crippen LogP contribution is 2.17. The maximum Gasteiger partial charge on any atom is 0.322 e. The fourth-order valence-corrected chi connectivity index (χ4v) is 6.66. The number of carboxylic acids is 1. The van der Waals surface area contributed by atoms with Gasteiger partial charge in [0.15, 0.2) is 0 Å². The van der Waals surface area contributed by atoms with Crippen LogP contribution < -0.4 is 5.32 Å². The van der Waals surface area contributed by atoms with Gasteiger partial charge in [-0.3, -0.25) is 14.4 Å². The van der Waals surface area contributed by atoms with Gasteiger partial charge in [-0.25, -0.2) is 0 Å². The largest absolute Gasteiger partial charge is 0.480 e. The number of carbonyl (C=O) groups excluding carboxylic acids is 2. The van der Waals surface area contributed by atoms with Crippen molar-refractivity contribution in [3.63, 3.8) is 0 Å². The summed E-state index contributed by atoms with van der Waals surface area (Å²) in [6.45, 7) is 4.20. The van der Waals surface area contributed by atoms with Crippen LogP contribution in [0.1, 0.15) is 239 Å². The van der Waals surface area contributed by atoms with E-state index in [2.05, 4.69) is 31.3 Å². The van der Waals surface area contributed by atoms with Crippen molar-refractivity contribution in [2.45, 2.75) is 245 Å². The van der Waals surface area contributed by atoms with E-state index >= 15 is 0 Å². The zero-order valence-corrected chi connectivity index (χ0v) is 33.3. The molecule has 0 aliphatic carbocycles. The molecule has 294 valence electrons. The second kappa shape index (κ2) is 39.9. The third-order valence-electron chi connectivity index (χ3n) is 9.92. The molecule has 6 heteroatoms. The number of unbranched alkanes of at least 4 members (excludes halogenated alkanes) is 29. The molecule has 1 unspecified atom stereocenters. The van der Waals surface area contributed by atoms with Crippen molar-refractivity contribution in [3.8, 4) is 0 Å². The van der Waals surface area contributed by atoms with E-state index in [1.54, 1.807) is 0 Å². The number of amides is 1. The first-order valence-electron chi connectivity index (χ1n) is 21.8. The Hall–Kier alpha value is -1.85. The molecule has 0 rings (SSSR count). The van der Waals surface area contributed by atoms with Gasteiger partial charge in [0.2, 0.25) is 5.91 Å². The Balaban J connectivity index is 3.86. The Bertz CT molecular complexity index is 782. The summed E-state index contributed by atoms with van der Waals surface area (Å²) >= 11 is 0. The van der Waals surface area contributed by atoms with Crippen LogP contribution in [-0.2, 0) is 19.1 Å². The number of esters is 1. The fourth-order valence-electron chi connectivity index (χ4n) is 6.66. The molecule has 0 heterocycles. The maximum atomic E-state index is 12.6. The number of aliphatic carboxylic acids is 1. The number of allylic oxidation sites excluding steroid dienone is 1. The van der Waals surface area contributed by atoms with E-state index in [0.29, 0.717) is 12.8 Å². The van der Waals surface area contributed by atoms with Gasteiger partial charge >= 0.3 is 11.9 Å². The third-order valence-corrected chi connectivity index (χ3v) is 9.92. The SMILES string of the molecule is CCCCCCC/C=C\C(CCCCCCC(=O)NCC(=O)O)OC(=O)CCCCCCCCCCCCCCCCCCCCCCCC. The van der Waals surface area contributed by atoms with E-state index in [1.165, 1.54) is 161 Å². The first-order chi connectivity index (χ1) is 24.5. The molecule has 0 aliphatic heterocycles. The normalized spacial score (nSPS) is 12.0. The van der Waals surface area contributed by atoms with Crippen LogP contribution in [0.15, 0.2) is 12.2 Å². The molecule has 0 radical (unpaired) electrons. The molecule has 0 saturated heterocycles. The summed E-state index contributed by atoms with van der Waals surface area (Å²) in [5.74, 6) is -1.31. The molecule has 0 aromatic rings. The van der Waals surface area contributed by atoms with Crippen LogP contribution in [0, 0.1) is 0 Å². The summed E-state index contributed by atoms with van der Waals surface area (Å²) in [7, 11) is 0. The summed E-state index contributed by atoms with van der Waals surface area (Å²) in [4.78, 5) is 34.9. The summed E-state index contributed by atoms with van der Waals surface area (Å²) in [5, 5.41) is 11.1. The lowest BCUT2D eigenvalue weighted by Gasteiger charge is -2.15. The van der Waals surface area contributed by atoms with Crippen molar-refractivity contribution in [2.24, 2.45) is 0 Å². The van der Waals surface area contributed by atoms with Crippen molar-refractivity contribution in [3.05, 3.63) is 12.2 Å². The molecule has 50 heavy (non-hydrogen) atoms. The maximum absolute atomic E-state index is 12.6. The molecule has 0 saturated carbocycles. The summed E-state index contributed by atoms with van der Waals surface area (Å²) in [5.41, 5.74) is 0. The minimum Gasteiger partial charge on any atom is -0.480 e. The van der Waals surface area contributed by atoms with Crippen LogP contribution in [0.5, 0.6) is 0 Å². The Morgan fingerprint density at radius 1 is 0.520 bits per heavy atom. The van der Waals surface area contributed by atoms with Gasteiger partial charge in [-0.1, -0.05) is 193 Å². The first-order valence-corrected chi connectivity index (χ1v) is 21.8. The molecule has 0 aromatic heterocycles. The molecular weight excluding hydrogens is 622 g/mol. The molecule has 0 spiro atoms. The second-order valence-electron chi connectivity index (χ2n) is 15.0. The van der Waals surface area contributed by atoms with Gasteiger partial charge in [-0.2, -0.15) is 0 Å². The van der Waals surface area contributed by atoms with E-state index in [4.69, 9.17) is 9.84 Å². The first kappa shape index (κ1) is 48.1. The molecule has 1 atom stereocenters. The molecule has 0 bridgehead atoms. The van der Waals surface area contributed by atoms with E-state index in [9.17, 15) is 14.4 Å². The van der Waals surface area contributed by atoms with Gasteiger partial charge in [0.1, 0.15) is 12.6 Å². The van der Waals surface area contributed by atoms with Crippen molar-refractivity contribution >= 4 is 17.8 Å². The number of ether oxygens (including phenoxy) is 1. The molecule has 0 aromatic carbocycles. The Labute approximate surface area is 310 Å². The summed E-state index contributed by atoms with van der Waals surface area (Å²) in [6.07, 6.45) is 46.6. The summed E-state index contributed by atoms with van der Waals surface area (Å²) in [6, 6.07) is 0. The lowest BCUT2D eigenvalue weighted by Crippen LogP contribution is -2.28. The zero-order chi connectivity index (χ0) is 36.6. The minimum atomic E-state index is -1.02. The van der Waals surface area contributed by atoms with Crippen molar-refractivity contribution in [1.82, 2.24) is 5.32 Å². The minimum absolute atomic E-state index is 0.0779. The average Bonchev–Trinajstić information content (AvgIpc) is 3.10. The predicted molar refractivity (Wildman–Crippen MR) is 213 cm³/mol. The van der Waals surface area contributed by atoms with Gasteiger partial charge in [0.25, 0.3) is 0 Å². The smallest absolute Gasteiger partial charge is 0.322 e. The third kappa shape index (κ3) is 38.9. The van der Waals surface area contributed by atoms with Crippen LogP contribution in [0.2, 0.25) is 0 Å². The quantitative estimate of drug-likeness (QED) is 0.0376. The van der Waals surface area contributed by atoms with Crippen LogP contribution in [0.3, 0.4) is 0 Å². The fraction of sp³-hybridized carbons (Fsp3) is 0.886. The number of rotatable bonds is 40. The van der Waals surface area contributed by atoms with Crippen molar-refractivity contribution in [1.29, 1.82) is 0 Å². The van der Waals surface area contributed by atoms with Crippen molar-refractivity contribution in [2.75, 3.05) is 6.54 Å². The number of hydrogen-bond acceptors (Lipinski definition) is 4. The Morgan fingerprint density at radius 2 is 0.900 bits per heavy atom. The Morgan fingerprint density at radius 3 is 1.34 bits per heavy atom. The van der Waals surface area contributed by atoms with Crippen molar-refractivity contribution < 1.29 is 24.2 Å². The number of hydrogen-bond donors (Lipinski definition) is 2.